The van der Waals surface area contributed by atoms with E-state index in [4.69, 9.17) is 0 Å². The van der Waals surface area contributed by atoms with E-state index in [2.05, 4.69) is 100 Å². The number of hydrogen-bond donors (Lipinski definition) is 0. The van der Waals surface area contributed by atoms with E-state index in [1.165, 1.54) is 9.80 Å². The first kappa shape index (κ1) is 50.7. The van der Waals surface area contributed by atoms with Crippen molar-refractivity contribution in [2.45, 2.75) is 79.1 Å². The van der Waals surface area contributed by atoms with Crippen LogP contribution in [-0.4, -0.2) is 46.5 Å². The predicted octanol–water partition coefficient (Wildman–Crippen LogP) is 11.7. The lowest BCUT2D eigenvalue weighted by molar-refractivity contribution is 0.0560. The molecule has 8 aromatic rings. The maximum Gasteiger partial charge on any atom is 0.265 e. The van der Waals surface area contributed by atoms with Crippen molar-refractivity contribution in [1.82, 2.24) is 9.80 Å². The second-order valence-corrected chi connectivity index (χ2v) is 26.8. The van der Waals surface area contributed by atoms with Gasteiger partial charge in [-0.2, -0.15) is 0 Å². The van der Waals surface area contributed by atoms with E-state index in [1.54, 1.807) is 0 Å². The molecule has 2 aliphatic rings. The lowest BCUT2D eigenvalue weighted by Gasteiger charge is -2.38. The normalized spacial score (nSPS) is 14.4. The average Bonchev–Trinajstić information content (AvgIpc) is 3.51. The number of rotatable bonds is 20. The van der Waals surface area contributed by atoms with Gasteiger partial charge in [-0.25, -0.2) is 0 Å². The summed E-state index contributed by atoms with van der Waals surface area (Å²) in [5.41, 5.74) is 1.50. The maximum absolute atomic E-state index is 16.4. The maximum atomic E-state index is 16.4. The number of nitrogens with zero attached hydrogens (tertiary/aromatic N) is 2. The SMILES string of the molecule is CCCC[C@@H](CC)CN1C(=O)c2cc([P+](c3ccccc3)(c3ccccc3)c3ccccc3)c3c4c(cc([P+](c5ccccc5)(c5ccccc5)c5ccccc5)c(c24)C1=O)C(=O)N(C[C@@H](CC)CCCC)C3=O. The molecular formula is C66H66N2O4P2+2. The van der Waals surface area contributed by atoms with E-state index in [1.807, 2.05) is 121 Å². The van der Waals surface area contributed by atoms with Crippen molar-refractivity contribution in [3.8, 4) is 0 Å². The summed E-state index contributed by atoms with van der Waals surface area (Å²) in [6.45, 7) is 9.13. The molecule has 10 rings (SSSR count). The van der Waals surface area contributed by atoms with Gasteiger partial charge in [0, 0.05) is 23.9 Å². The molecule has 74 heavy (non-hydrogen) atoms. The molecule has 0 saturated heterocycles. The van der Waals surface area contributed by atoms with Gasteiger partial charge >= 0.3 is 0 Å². The van der Waals surface area contributed by atoms with Crippen molar-refractivity contribution in [3.05, 3.63) is 216 Å². The van der Waals surface area contributed by atoms with Crippen molar-refractivity contribution in [3.63, 3.8) is 0 Å². The van der Waals surface area contributed by atoms with Crippen LogP contribution in [0.3, 0.4) is 0 Å². The van der Waals surface area contributed by atoms with Crippen molar-refractivity contribution in [2.24, 2.45) is 11.8 Å². The summed E-state index contributed by atoms with van der Waals surface area (Å²) in [4.78, 5) is 68.3. The first-order valence-electron chi connectivity index (χ1n) is 26.8. The van der Waals surface area contributed by atoms with Gasteiger partial charge in [0.1, 0.15) is 57.0 Å². The minimum absolute atomic E-state index is 0.0673. The molecule has 0 aromatic heterocycles. The van der Waals surface area contributed by atoms with Gasteiger partial charge < -0.3 is 0 Å². The summed E-state index contributed by atoms with van der Waals surface area (Å²) in [7, 11) is -6.26. The lowest BCUT2D eigenvalue weighted by atomic mass is 9.84. The molecule has 8 aromatic carbocycles. The lowest BCUT2D eigenvalue weighted by Crippen LogP contribution is -2.52. The van der Waals surface area contributed by atoms with Gasteiger partial charge in [-0.3, -0.25) is 29.0 Å². The third-order valence-electron chi connectivity index (χ3n) is 15.8. The van der Waals surface area contributed by atoms with Crippen LogP contribution < -0.4 is 42.4 Å². The Labute approximate surface area is 438 Å². The highest BCUT2D eigenvalue weighted by atomic mass is 31.2. The molecule has 0 bridgehead atoms. The van der Waals surface area contributed by atoms with Crippen LogP contribution in [0.2, 0.25) is 0 Å². The number of unbranched alkanes of at least 4 members (excludes halogenated alkanes) is 2. The third-order valence-corrected chi connectivity index (χ3v) is 24.4. The molecule has 372 valence electrons. The summed E-state index contributed by atoms with van der Waals surface area (Å²) in [5.74, 6) is -1.41. The number of carbonyl (C=O) groups is 4. The standard InChI is InChI=1S/C66H66N2O4P2/c1-5-9-29-47(7-3)45-67-63(69)55-43-58(74(52-37-23-14-24-38-52,53-39-25-15-26-40-53)54-41-27-16-28-42-54)62-60-56(64(70)68(66(62)72)46-48(8-4)30-10-6-2)44-57(61(59(55)60)65(67)71)73(49-31-17-11-18-32-49,50-33-19-12-20-34-50)51-35-21-13-22-36-51/h11-28,31-44,47-48H,5-10,29-30,45-46H2,1-4H3/q+2/t47-,48+. The van der Waals surface area contributed by atoms with Crippen LogP contribution >= 0.6 is 14.5 Å². The fourth-order valence-corrected chi connectivity index (χ4v) is 20.9. The Morgan fingerprint density at radius 1 is 0.365 bits per heavy atom. The summed E-state index contributed by atoms with van der Waals surface area (Å²) in [6, 6.07) is 66.5. The largest absolute Gasteiger partial charge is 0.274 e. The Kier molecular flexibility index (Phi) is 15.0. The first-order valence-corrected chi connectivity index (χ1v) is 30.4. The topological polar surface area (TPSA) is 74.8 Å². The van der Waals surface area contributed by atoms with Gasteiger partial charge in [-0.1, -0.05) is 175 Å². The highest BCUT2D eigenvalue weighted by Gasteiger charge is 2.57. The fourth-order valence-electron chi connectivity index (χ4n) is 12.0. The summed E-state index contributed by atoms with van der Waals surface area (Å²) < 4.78 is 0. The molecule has 0 aliphatic carbocycles. The number of hydrogen-bond acceptors (Lipinski definition) is 4. The van der Waals surface area contributed by atoms with Crippen LogP contribution in [0.4, 0.5) is 0 Å². The van der Waals surface area contributed by atoms with Crippen LogP contribution in [0.25, 0.3) is 10.8 Å². The molecule has 2 aliphatic heterocycles. The van der Waals surface area contributed by atoms with Crippen LogP contribution in [0, 0.1) is 11.8 Å². The molecule has 0 unspecified atom stereocenters. The Morgan fingerprint density at radius 2 is 0.622 bits per heavy atom. The zero-order valence-electron chi connectivity index (χ0n) is 43.1. The van der Waals surface area contributed by atoms with E-state index in [0.717, 1.165) is 83.2 Å². The first-order chi connectivity index (χ1) is 36.2. The van der Waals surface area contributed by atoms with Gasteiger partial charge in [0.25, 0.3) is 23.6 Å². The van der Waals surface area contributed by atoms with Gasteiger partial charge in [-0.15, -0.1) is 0 Å². The number of amides is 4. The quantitative estimate of drug-likeness (QED) is 0.0563. The van der Waals surface area contributed by atoms with E-state index in [9.17, 15) is 0 Å². The van der Waals surface area contributed by atoms with Crippen LogP contribution in [0.15, 0.2) is 194 Å². The van der Waals surface area contributed by atoms with Crippen molar-refractivity contribution in [2.75, 3.05) is 13.1 Å². The van der Waals surface area contributed by atoms with Crippen LogP contribution in [0.1, 0.15) is 120 Å². The molecule has 0 N–H and O–H groups in total. The number of imide groups is 2. The molecule has 4 amide bonds. The average molecular weight is 1010 g/mol. The number of carbonyl (C=O) groups excluding carboxylic acids is 4. The summed E-state index contributed by atoms with van der Waals surface area (Å²) in [5, 5.41) is 8.28. The minimum atomic E-state index is -3.13. The highest BCUT2D eigenvalue weighted by Crippen LogP contribution is 2.60. The van der Waals surface area contributed by atoms with Gasteiger partial charge in [0.2, 0.25) is 0 Å². The Hall–Kier alpha value is -6.84. The molecule has 0 spiro atoms. The number of benzene rings is 8. The van der Waals surface area contributed by atoms with E-state index in [-0.39, 0.29) is 36.7 Å². The fraction of sp³-hybridized carbons (Fsp3) is 0.242. The summed E-state index contributed by atoms with van der Waals surface area (Å²) in [6.07, 6.45) is 7.29. The Balaban J connectivity index is 1.44. The molecule has 0 saturated carbocycles. The molecule has 0 fully saturated rings. The van der Waals surface area contributed by atoms with Crippen LogP contribution in [0.5, 0.6) is 0 Å². The monoisotopic (exact) mass is 1010 g/mol. The van der Waals surface area contributed by atoms with Gasteiger partial charge in [-0.05, 0) is 110 Å². The zero-order chi connectivity index (χ0) is 51.4. The Morgan fingerprint density at radius 3 is 0.851 bits per heavy atom. The predicted molar refractivity (Wildman–Crippen MR) is 311 cm³/mol. The van der Waals surface area contributed by atoms with E-state index >= 15 is 19.2 Å². The highest BCUT2D eigenvalue weighted by molar-refractivity contribution is 8.02. The van der Waals surface area contributed by atoms with E-state index < -0.39 is 26.3 Å². The zero-order valence-corrected chi connectivity index (χ0v) is 44.9. The van der Waals surface area contributed by atoms with Gasteiger partial charge in [0.15, 0.2) is 0 Å². The molecular weight excluding hydrogens is 947 g/mol. The second-order valence-electron chi connectivity index (χ2n) is 20.0. The van der Waals surface area contributed by atoms with Gasteiger partial charge in [0.05, 0.1) is 22.3 Å². The minimum Gasteiger partial charge on any atom is -0.274 e. The molecule has 2 heterocycles. The van der Waals surface area contributed by atoms with Crippen LogP contribution in [-0.2, 0) is 0 Å². The van der Waals surface area contributed by atoms with Crippen molar-refractivity contribution in [1.29, 1.82) is 0 Å². The smallest absolute Gasteiger partial charge is 0.265 e. The molecule has 6 nitrogen and oxygen atoms in total. The van der Waals surface area contributed by atoms with Crippen molar-refractivity contribution >= 4 is 91.4 Å². The second kappa shape index (κ2) is 21.9. The summed E-state index contributed by atoms with van der Waals surface area (Å²) >= 11 is 0. The van der Waals surface area contributed by atoms with E-state index in [0.29, 0.717) is 43.6 Å². The Bertz CT molecular complexity index is 2900. The molecule has 0 radical (unpaired) electrons. The molecule has 2 atom stereocenters. The van der Waals surface area contributed by atoms with Crippen molar-refractivity contribution < 1.29 is 19.2 Å². The molecule has 8 heteroatoms. The third kappa shape index (κ3) is 8.55.